The number of aliphatic hydroxyl groups is 1. The lowest BCUT2D eigenvalue weighted by Crippen LogP contribution is -2.52. The average Bonchev–Trinajstić information content (AvgIpc) is 3.16. The van der Waals surface area contributed by atoms with E-state index in [0.717, 1.165) is 0 Å². The Morgan fingerprint density at radius 3 is 2.73 bits per heavy atom. The molecule has 6 nitrogen and oxygen atoms in total. The second kappa shape index (κ2) is 5.65. The van der Waals surface area contributed by atoms with Gasteiger partial charge in [-0.15, -0.1) is 0 Å². The van der Waals surface area contributed by atoms with Gasteiger partial charge in [-0.05, 0) is 24.3 Å². The van der Waals surface area contributed by atoms with Crippen LogP contribution in [-0.2, 0) is 16.1 Å². The summed E-state index contributed by atoms with van der Waals surface area (Å²) >= 11 is 0. The van der Waals surface area contributed by atoms with Gasteiger partial charge in [0.1, 0.15) is 5.76 Å². The molecule has 2 amide bonds. The van der Waals surface area contributed by atoms with Crippen molar-refractivity contribution in [3.63, 3.8) is 0 Å². The van der Waals surface area contributed by atoms with Crippen molar-refractivity contribution in [1.82, 2.24) is 5.32 Å². The van der Waals surface area contributed by atoms with E-state index in [2.05, 4.69) is 5.32 Å². The standard InChI is InChI=1S/C16H16N2O4/c19-14(17-11-13-7-4-10-22-13)16(21)8-9-18(15(16)20)12-5-2-1-3-6-12/h1-7,10,21H,8-9,11H2,(H,17,19). The van der Waals surface area contributed by atoms with Crippen molar-refractivity contribution in [2.75, 3.05) is 11.4 Å². The fraction of sp³-hybridized carbons (Fsp3) is 0.250. The Bertz CT molecular complexity index is 669. The van der Waals surface area contributed by atoms with Crippen molar-refractivity contribution in [1.29, 1.82) is 0 Å². The van der Waals surface area contributed by atoms with Crippen molar-refractivity contribution < 1.29 is 19.1 Å². The lowest BCUT2D eigenvalue weighted by atomic mass is 10.0. The predicted molar refractivity (Wildman–Crippen MR) is 78.9 cm³/mol. The monoisotopic (exact) mass is 300 g/mol. The first kappa shape index (κ1) is 14.3. The van der Waals surface area contributed by atoms with Crippen molar-refractivity contribution >= 4 is 17.5 Å². The highest BCUT2D eigenvalue weighted by Gasteiger charge is 2.51. The van der Waals surface area contributed by atoms with E-state index < -0.39 is 17.4 Å². The first-order valence-electron chi connectivity index (χ1n) is 7.01. The summed E-state index contributed by atoms with van der Waals surface area (Å²) in [5, 5.41) is 13.0. The summed E-state index contributed by atoms with van der Waals surface area (Å²) in [7, 11) is 0. The Balaban J connectivity index is 1.70. The number of carbonyl (C=O) groups is 2. The number of furan rings is 1. The van der Waals surface area contributed by atoms with E-state index in [-0.39, 0.29) is 13.0 Å². The normalized spacial score (nSPS) is 21.1. The maximum absolute atomic E-state index is 12.4. The van der Waals surface area contributed by atoms with E-state index in [0.29, 0.717) is 18.0 Å². The summed E-state index contributed by atoms with van der Waals surface area (Å²) < 4.78 is 5.11. The summed E-state index contributed by atoms with van der Waals surface area (Å²) in [4.78, 5) is 26.0. The number of nitrogens with one attached hydrogen (secondary N) is 1. The molecule has 1 atom stereocenters. The van der Waals surface area contributed by atoms with Crippen molar-refractivity contribution in [3.8, 4) is 0 Å². The minimum Gasteiger partial charge on any atom is -0.467 e. The molecule has 2 heterocycles. The highest BCUT2D eigenvalue weighted by Crippen LogP contribution is 2.28. The maximum atomic E-state index is 12.4. The van der Waals surface area contributed by atoms with Crippen molar-refractivity contribution in [3.05, 3.63) is 54.5 Å². The van der Waals surface area contributed by atoms with Crippen LogP contribution in [0.2, 0.25) is 0 Å². The maximum Gasteiger partial charge on any atom is 0.268 e. The molecule has 2 aromatic rings. The van der Waals surface area contributed by atoms with Gasteiger partial charge >= 0.3 is 0 Å². The van der Waals surface area contributed by atoms with E-state index in [9.17, 15) is 14.7 Å². The topological polar surface area (TPSA) is 82.8 Å². The van der Waals surface area contributed by atoms with Crippen LogP contribution in [0.5, 0.6) is 0 Å². The van der Waals surface area contributed by atoms with Crippen molar-refractivity contribution in [2.45, 2.75) is 18.6 Å². The zero-order valence-electron chi connectivity index (χ0n) is 11.9. The van der Waals surface area contributed by atoms with Crippen molar-refractivity contribution in [2.24, 2.45) is 0 Å². The SMILES string of the molecule is O=C(NCc1ccco1)C1(O)CCN(c2ccccc2)C1=O. The number of nitrogens with zero attached hydrogens (tertiary/aromatic N) is 1. The highest BCUT2D eigenvalue weighted by atomic mass is 16.3. The van der Waals surface area contributed by atoms with Gasteiger partial charge in [-0.3, -0.25) is 9.59 Å². The summed E-state index contributed by atoms with van der Waals surface area (Å²) in [6.07, 6.45) is 1.55. The molecule has 1 fully saturated rings. The van der Waals surface area contributed by atoms with Crippen LogP contribution in [0.1, 0.15) is 12.2 Å². The first-order valence-corrected chi connectivity index (χ1v) is 7.01. The van der Waals surface area contributed by atoms with Crippen LogP contribution in [0.3, 0.4) is 0 Å². The number of carbonyl (C=O) groups excluding carboxylic acids is 2. The average molecular weight is 300 g/mol. The third-order valence-corrected chi connectivity index (χ3v) is 3.74. The molecule has 2 N–H and O–H groups in total. The van der Waals surface area contributed by atoms with Crippen LogP contribution >= 0.6 is 0 Å². The molecule has 6 heteroatoms. The van der Waals surface area contributed by atoms with Gasteiger partial charge in [-0.25, -0.2) is 0 Å². The molecule has 114 valence electrons. The summed E-state index contributed by atoms with van der Waals surface area (Å²) in [6, 6.07) is 12.4. The van der Waals surface area contributed by atoms with Gasteiger partial charge < -0.3 is 19.7 Å². The molecular weight excluding hydrogens is 284 g/mol. The van der Waals surface area contributed by atoms with E-state index >= 15 is 0 Å². The second-order valence-corrected chi connectivity index (χ2v) is 5.16. The molecule has 0 spiro atoms. The predicted octanol–water partition coefficient (Wildman–Crippen LogP) is 1.06. The molecule has 0 saturated carbocycles. The van der Waals surface area contributed by atoms with Crippen LogP contribution < -0.4 is 10.2 Å². The number of para-hydroxylation sites is 1. The molecule has 1 aromatic heterocycles. The largest absolute Gasteiger partial charge is 0.467 e. The third kappa shape index (κ3) is 2.48. The van der Waals surface area contributed by atoms with Crippen LogP contribution in [0.4, 0.5) is 5.69 Å². The highest BCUT2D eigenvalue weighted by molar-refractivity contribution is 6.16. The fourth-order valence-electron chi connectivity index (χ4n) is 2.50. The Morgan fingerprint density at radius 2 is 2.05 bits per heavy atom. The number of hydrogen-bond donors (Lipinski definition) is 2. The lowest BCUT2D eigenvalue weighted by molar-refractivity contribution is -0.149. The van der Waals surface area contributed by atoms with Gasteiger partial charge in [0.05, 0.1) is 12.8 Å². The van der Waals surface area contributed by atoms with E-state index in [1.54, 1.807) is 36.4 Å². The molecule has 1 aliphatic rings. The first-order chi connectivity index (χ1) is 10.6. The molecule has 0 radical (unpaired) electrons. The zero-order valence-corrected chi connectivity index (χ0v) is 11.9. The summed E-state index contributed by atoms with van der Waals surface area (Å²) in [5.41, 5.74) is -1.36. The Labute approximate surface area is 127 Å². The third-order valence-electron chi connectivity index (χ3n) is 3.74. The van der Waals surface area contributed by atoms with Gasteiger partial charge in [0, 0.05) is 18.7 Å². The second-order valence-electron chi connectivity index (χ2n) is 5.16. The Morgan fingerprint density at radius 1 is 1.27 bits per heavy atom. The number of rotatable bonds is 4. The number of benzene rings is 1. The molecule has 0 aliphatic carbocycles. The van der Waals surface area contributed by atoms with Gasteiger partial charge in [0.15, 0.2) is 0 Å². The molecule has 1 aliphatic heterocycles. The molecule has 1 unspecified atom stereocenters. The number of anilines is 1. The number of amides is 2. The zero-order chi connectivity index (χ0) is 15.6. The Hall–Kier alpha value is -2.60. The van der Waals surface area contributed by atoms with Crippen LogP contribution in [0.25, 0.3) is 0 Å². The fourth-order valence-corrected chi connectivity index (χ4v) is 2.50. The lowest BCUT2D eigenvalue weighted by Gasteiger charge is -2.21. The van der Waals surface area contributed by atoms with Crippen LogP contribution in [0, 0.1) is 0 Å². The molecule has 1 saturated heterocycles. The van der Waals surface area contributed by atoms with Crippen LogP contribution in [0.15, 0.2) is 53.1 Å². The smallest absolute Gasteiger partial charge is 0.268 e. The summed E-state index contributed by atoms with van der Waals surface area (Å²) in [6.45, 7) is 0.431. The van der Waals surface area contributed by atoms with Crippen LogP contribution in [-0.4, -0.2) is 29.1 Å². The van der Waals surface area contributed by atoms with Gasteiger partial charge in [0.2, 0.25) is 5.60 Å². The molecule has 22 heavy (non-hydrogen) atoms. The molecule has 3 rings (SSSR count). The van der Waals surface area contributed by atoms with E-state index in [4.69, 9.17) is 4.42 Å². The molecular formula is C16H16N2O4. The van der Waals surface area contributed by atoms with E-state index in [1.807, 2.05) is 6.07 Å². The minimum absolute atomic E-state index is 0.0602. The quantitative estimate of drug-likeness (QED) is 0.827. The number of hydrogen-bond acceptors (Lipinski definition) is 4. The Kier molecular flexibility index (Phi) is 3.68. The van der Waals surface area contributed by atoms with Gasteiger partial charge in [0.25, 0.3) is 11.8 Å². The van der Waals surface area contributed by atoms with Gasteiger partial charge in [-0.1, -0.05) is 18.2 Å². The molecule has 0 bridgehead atoms. The molecule has 1 aromatic carbocycles. The minimum atomic E-state index is -2.03. The van der Waals surface area contributed by atoms with E-state index in [1.165, 1.54) is 11.2 Å². The summed E-state index contributed by atoms with van der Waals surface area (Å²) in [5.74, 6) is -0.745. The van der Waals surface area contributed by atoms with Gasteiger partial charge in [-0.2, -0.15) is 0 Å².